The highest BCUT2D eigenvalue weighted by Gasteiger charge is 2.21. The summed E-state index contributed by atoms with van der Waals surface area (Å²) in [6.07, 6.45) is 1.19. The molecule has 30 heavy (non-hydrogen) atoms. The predicted octanol–water partition coefficient (Wildman–Crippen LogP) is 3.03. The van der Waals surface area contributed by atoms with E-state index < -0.39 is 20.6 Å². The molecule has 0 aliphatic heterocycles. The molecule has 2 aromatic rings. The van der Waals surface area contributed by atoms with Crippen molar-refractivity contribution in [2.75, 3.05) is 27.3 Å². The summed E-state index contributed by atoms with van der Waals surface area (Å²) in [7, 11) is -0.911. The summed E-state index contributed by atoms with van der Waals surface area (Å²) in [6, 6.07) is 10.5. The van der Waals surface area contributed by atoms with Crippen LogP contribution < -0.4 is 9.47 Å². The maximum Gasteiger partial charge on any atom is 0.259 e. The molecule has 0 aliphatic rings. The molecule has 7 nitrogen and oxygen atoms in total. The van der Waals surface area contributed by atoms with Gasteiger partial charge < -0.3 is 14.4 Å². The van der Waals surface area contributed by atoms with Crippen LogP contribution in [0.15, 0.2) is 52.3 Å². The molecule has 158 valence electrons. The number of allylic oxidation sites excluding steroid dienone is 1. The van der Waals surface area contributed by atoms with E-state index >= 15 is 0 Å². The Balaban J connectivity index is 2.38. The number of amides is 1. The van der Waals surface area contributed by atoms with E-state index in [-0.39, 0.29) is 17.4 Å². The highest BCUT2D eigenvalue weighted by Crippen LogP contribution is 2.30. The van der Waals surface area contributed by atoms with Crippen LogP contribution in [-0.2, 0) is 14.6 Å². The third-order valence-corrected chi connectivity index (χ3v) is 5.62. The lowest BCUT2D eigenvalue weighted by Gasteiger charge is -2.14. The van der Waals surface area contributed by atoms with E-state index in [2.05, 4.69) is 0 Å². The van der Waals surface area contributed by atoms with Crippen LogP contribution in [0.1, 0.15) is 12.5 Å². The van der Waals surface area contributed by atoms with Crippen LogP contribution in [0.25, 0.3) is 6.08 Å². The van der Waals surface area contributed by atoms with Crippen molar-refractivity contribution in [1.82, 2.24) is 4.90 Å². The number of carbonyl (C=O) groups excluding carboxylic acids is 1. The van der Waals surface area contributed by atoms with Gasteiger partial charge in [-0.3, -0.25) is 4.79 Å². The number of hydrogen-bond donors (Lipinski definition) is 0. The van der Waals surface area contributed by atoms with Crippen LogP contribution in [-0.4, -0.2) is 46.5 Å². The van der Waals surface area contributed by atoms with Gasteiger partial charge in [0.25, 0.3) is 5.91 Å². The number of benzene rings is 2. The van der Waals surface area contributed by atoms with E-state index in [9.17, 15) is 22.9 Å². The summed E-state index contributed by atoms with van der Waals surface area (Å²) in [5, 5.41) is 9.39. The fourth-order valence-corrected chi connectivity index (χ4v) is 3.49. The molecule has 0 bridgehead atoms. The zero-order valence-electron chi connectivity index (χ0n) is 16.8. The van der Waals surface area contributed by atoms with Gasteiger partial charge in [0.05, 0.1) is 11.5 Å². The molecule has 0 spiro atoms. The van der Waals surface area contributed by atoms with E-state index in [0.29, 0.717) is 23.7 Å². The number of ether oxygens (including phenoxy) is 2. The fourth-order valence-electron chi connectivity index (χ4n) is 2.33. The van der Waals surface area contributed by atoms with Gasteiger partial charge in [-0.05, 0) is 55.0 Å². The van der Waals surface area contributed by atoms with Crippen molar-refractivity contribution in [1.29, 1.82) is 5.26 Å². The Bertz CT molecular complexity index is 1090. The molecule has 0 unspecified atom stereocenters. The first kappa shape index (κ1) is 22.9. The topological polar surface area (TPSA) is 96.7 Å². The van der Waals surface area contributed by atoms with Crippen molar-refractivity contribution in [3.8, 4) is 17.6 Å². The Labute approximate surface area is 174 Å². The average Bonchev–Trinajstić information content (AvgIpc) is 2.71. The summed E-state index contributed by atoms with van der Waals surface area (Å²) in [5.74, 6) is -0.210. The smallest absolute Gasteiger partial charge is 0.259 e. The average molecular weight is 432 g/mol. The van der Waals surface area contributed by atoms with Gasteiger partial charge in [-0.25, -0.2) is 12.8 Å². The van der Waals surface area contributed by atoms with E-state index in [0.717, 1.165) is 24.3 Å². The second-order valence-corrected chi connectivity index (χ2v) is 8.21. The molecule has 0 aromatic heterocycles. The second-order valence-electron chi connectivity index (χ2n) is 6.29. The van der Waals surface area contributed by atoms with Crippen molar-refractivity contribution >= 4 is 21.8 Å². The quantitative estimate of drug-likeness (QED) is 0.470. The molecule has 9 heteroatoms. The molecule has 2 rings (SSSR count). The van der Waals surface area contributed by atoms with Gasteiger partial charge in [-0.1, -0.05) is 6.07 Å². The normalized spacial score (nSPS) is 11.5. The Kier molecular flexibility index (Phi) is 7.55. The first-order valence-corrected chi connectivity index (χ1v) is 10.4. The van der Waals surface area contributed by atoms with Crippen molar-refractivity contribution in [2.45, 2.75) is 11.8 Å². The number of rotatable bonds is 8. The number of carbonyl (C=O) groups is 1. The molecular formula is C21H21FN2O5S. The van der Waals surface area contributed by atoms with Crippen molar-refractivity contribution in [3.05, 3.63) is 58.8 Å². The zero-order valence-corrected chi connectivity index (χ0v) is 17.6. The van der Waals surface area contributed by atoms with E-state index in [1.165, 1.54) is 29.2 Å². The lowest BCUT2D eigenvalue weighted by atomic mass is 10.2. The first-order chi connectivity index (χ1) is 14.2. The molecule has 0 radical (unpaired) electrons. The van der Waals surface area contributed by atoms with Gasteiger partial charge in [-0.2, -0.15) is 5.26 Å². The number of nitrogens with zero attached hydrogens (tertiary/aromatic N) is 2. The van der Waals surface area contributed by atoms with Gasteiger partial charge in [0, 0.05) is 14.1 Å². The molecule has 0 fully saturated rings. The van der Waals surface area contributed by atoms with Crippen LogP contribution in [0.5, 0.6) is 11.5 Å². The van der Waals surface area contributed by atoms with E-state index in [1.807, 2.05) is 0 Å². The molecule has 0 aliphatic carbocycles. The summed E-state index contributed by atoms with van der Waals surface area (Å²) in [4.78, 5) is 12.4. The van der Waals surface area contributed by atoms with Crippen LogP contribution in [0.4, 0.5) is 4.39 Å². The SMILES string of the molecule is CCOc1cc(/C=C(\C#N)S(=O)(=O)c2ccc(F)cc2)ccc1OCC(=O)N(C)C. The molecular weight excluding hydrogens is 411 g/mol. The number of likely N-dealkylation sites (N-methyl/N-ethyl adjacent to an activating group) is 1. The lowest BCUT2D eigenvalue weighted by molar-refractivity contribution is -0.130. The molecule has 1 amide bonds. The second kappa shape index (κ2) is 9.89. The Morgan fingerprint density at radius 2 is 1.80 bits per heavy atom. The zero-order chi connectivity index (χ0) is 22.3. The summed E-state index contributed by atoms with van der Waals surface area (Å²) in [6.45, 7) is 1.88. The van der Waals surface area contributed by atoms with E-state index in [4.69, 9.17) is 9.47 Å². The molecule has 0 heterocycles. The standard InChI is InChI=1S/C21H21FN2O5S/c1-4-28-20-12-15(5-10-19(20)29-14-21(25)24(2)3)11-18(13-23)30(26,27)17-8-6-16(22)7-9-17/h5-12H,4,14H2,1-3H3/b18-11+. The largest absolute Gasteiger partial charge is 0.490 e. The van der Waals surface area contributed by atoms with Crippen LogP contribution in [0.3, 0.4) is 0 Å². The molecule has 0 saturated heterocycles. The van der Waals surface area contributed by atoms with Gasteiger partial charge in [-0.15, -0.1) is 0 Å². The summed E-state index contributed by atoms with van der Waals surface area (Å²) in [5.41, 5.74) is 0.381. The number of sulfone groups is 1. The first-order valence-electron chi connectivity index (χ1n) is 8.91. The predicted molar refractivity (Wildman–Crippen MR) is 109 cm³/mol. The minimum absolute atomic E-state index is 0.190. The highest BCUT2D eigenvalue weighted by molar-refractivity contribution is 7.95. The molecule has 0 atom stereocenters. The van der Waals surface area contributed by atoms with Crippen molar-refractivity contribution in [2.24, 2.45) is 0 Å². The third-order valence-electron chi connectivity index (χ3n) is 3.94. The van der Waals surface area contributed by atoms with Crippen LogP contribution in [0, 0.1) is 17.1 Å². The van der Waals surface area contributed by atoms with Crippen molar-refractivity contribution in [3.63, 3.8) is 0 Å². The molecule has 0 saturated carbocycles. The van der Waals surface area contributed by atoms with Gasteiger partial charge in [0.1, 0.15) is 16.8 Å². The van der Waals surface area contributed by atoms with Gasteiger partial charge in [0.2, 0.25) is 9.84 Å². The fraction of sp³-hybridized carbons (Fsp3) is 0.238. The maximum absolute atomic E-state index is 13.1. The number of hydrogen-bond acceptors (Lipinski definition) is 6. The minimum atomic E-state index is -4.12. The van der Waals surface area contributed by atoms with Crippen LogP contribution in [0.2, 0.25) is 0 Å². The van der Waals surface area contributed by atoms with Gasteiger partial charge >= 0.3 is 0 Å². The number of halogens is 1. The maximum atomic E-state index is 13.1. The minimum Gasteiger partial charge on any atom is -0.490 e. The monoisotopic (exact) mass is 432 g/mol. The van der Waals surface area contributed by atoms with E-state index in [1.54, 1.807) is 27.1 Å². The third kappa shape index (κ3) is 5.58. The molecule has 2 aromatic carbocycles. The summed E-state index contributed by atoms with van der Waals surface area (Å²) < 4.78 is 49.5. The lowest BCUT2D eigenvalue weighted by Crippen LogP contribution is -2.27. The Morgan fingerprint density at radius 3 is 2.37 bits per heavy atom. The summed E-state index contributed by atoms with van der Waals surface area (Å²) >= 11 is 0. The Morgan fingerprint density at radius 1 is 1.13 bits per heavy atom. The molecule has 0 N–H and O–H groups in total. The van der Waals surface area contributed by atoms with Crippen molar-refractivity contribution < 1.29 is 27.1 Å². The number of nitriles is 1. The Hall–Kier alpha value is -3.38. The van der Waals surface area contributed by atoms with Crippen LogP contribution >= 0.6 is 0 Å². The highest BCUT2D eigenvalue weighted by atomic mass is 32.2. The van der Waals surface area contributed by atoms with Gasteiger partial charge in [0.15, 0.2) is 18.1 Å².